The van der Waals surface area contributed by atoms with Crippen LogP contribution in [0, 0.1) is 10.1 Å². The van der Waals surface area contributed by atoms with Crippen LogP contribution in [0.25, 0.3) is 0 Å². The zero-order valence-corrected chi connectivity index (χ0v) is 8.66. The van der Waals surface area contributed by atoms with Crippen LogP contribution in [-0.2, 0) is 6.42 Å². The van der Waals surface area contributed by atoms with E-state index in [1.54, 1.807) is 12.1 Å². The summed E-state index contributed by atoms with van der Waals surface area (Å²) in [5.74, 6) is 0. The average Bonchev–Trinajstić information content (AvgIpc) is 2.03. The number of nitro benzene ring substituents is 1. The van der Waals surface area contributed by atoms with Gasteiger partial charge < -0.3 is 5.73 Å². The molecule has 0 heterocycles. The Morgan fingerprint density at radius 3 is 2.71 bits per heavy atom. The summed E-state index contributed by atoms with van der Waals surface area (Å²) in [5.41, 5.74) is 6.61. The molecule has 4 nitrogen and oxygen atoms in total. The standard InChI is InChI=1S/C9H12N2O2.ClH/c1-7(10)5-8-3-2-4-9(6-8)11(12)13;/h2-4,6-7H,5,10H2,1H3;1H/t7-;/m0./s1. The average molecular weight is 217 g/mol. The smallest absolute Gasteiger partial charge is 0.269 e. The SMILES string of the molecule is C[C@H](N)Cc1cccc([N+](=O)[O-])c1.Cl. The summed E-state index contributed by atoms with van der Waals surface area (Å²) in [7, 11) is 0. The maximum absolute atomic E-state index is 10.4. The van der Waals surface area contributed by atoms with Crippen molar-refractivity contribution in [2.45, 2.75) is 19.4 Å². The Kier molecular flexibility index (Phi) is 5.12. The van der Waals surface area contributed by atoms with Gasteiger partial charge in [-0.15, -0.1) is 12.4 Å². The number of nitrogens with zero attached hydrogens (tertiary/aromatic N) is 1. The van der Waals surface area contributed by atoms with Crippen molar-refractivity contribution in [1.29, 1.82) is 0 Å². The van der Waals surface area contributed by atoms with Crippen LogP contribution in [-0.4, -0.2) is 11.0 Å². The third kappa shape index (κ3) is 3.72. The molecule has 5 heteroatoms. The lowest BCUT2D eigenvalue weighted by Crippen LogP contribution is -2.17. The number of rotatable bonds is 3. The molecule has 0 saturated carbocycles. The van der Waals surface area contributed by atoms with Crippen LogP contribution < -0.4 is 5.73 Å². The molecule has 1 atom stereocenters. The lowest BCUT2D eigenvalue weighted by Gasteiger charge is -2.03. The molecule has 2 N–H and O–H groups in total. The topological polar surface area (TPSA) is 69.2 Å². The minimum absolute atomic E-state index is 0. The second-order valence-corrected chi connectivity index (χ2v) is 3.11. The fourth-order valence-corrected chi connectivity index (χ4v) is 1.17. The summed E-state index contributed by atoms with van der Waals surface area (Å²) in [5, 5.41) is 10.4. The molecular weight excluding hydrogens is 204 g/mol. The molecule has 0 spiro atoms. The van der Waals surface area contributed by atoms with E-state index in [1.165, 1.54) is 6.07 Å². The van der Waals surface area contributed by atoms with Gasteiger partial charge in [-0.05, 0) is 18.9 Å². The fraction of sp³-hybridized carbons (Fsp3) is 0.333. The van der Waals surface area contributed by atoms with Crippen molar-refractivity contribution in [1.82, 2.24) is 0 Å². The highest BCUT2D eigenvalue weighted by Crippen LogP contribution is 2.13. The Bertz CT molecular complexity index is 315. The molecule has 0 aliphatic rings. The third-order valence-electron chi connectivity index (χ3n) is 1.68. The van der Waals surface area contributed by atoms with Crippen LogP contribution in [0.4, 0.5) is 5.69 Å². The molecule has 0 saturated heterocycles. The zero-order valence-electron chi connectivity index (χ0n) is 7.84. The summed E-state index contributed by atoms with van der Waals surface area (Å²) in [6.45, 7) is 1.87. The van der Waals surface area contributed by atoms with Gasteiger partial charge in [-0.2, -0.15) is 0 Å². The van der Waals surface area contributed by atoms with E-state index in [0.29, 0.717) is 6.42 Å². The van der Waals surface area contributed by atoms with Crippen molar-refractivity contribution in [2.24, 2.45) is 5.73 Å². The molecule has 0 bridgehead atoms. The molecule has 0 fully saturated rings. The maximum atomic E-state index is 10.4. The molecule has 0 unspecified atom stereocenters. The predicted molar refractivity (Wildman–Crippen MR) is 57.7 cm³/mol. The van der Waals surface area contributed by atoms with E-state index in [-0.39, 0.29) is 24.1 Å². The first kappa shape index (κ1) is 12.9. The highest BCUT2D eigenvalue weighted by Gasteiger charge is 2.06. The van der Waals surface area contributed by atoms with Crippen molar-refractivity contribution in [3.05, 3.63) is 39.9 Å². The van der Waals surface area contributed by atoms with E-state index < -0.39 is 4.92 Å². The molecule has 14 heavy (non-hydrogen) atoms. The van der Waals surface area contributed by atoms with Crippen molar-refractivity contribution in [3.8, 4) is 0 Å². The molecule has 1 rings (SSSR count). The van der Waals surface area contributed by atoms with E-state index in [2.05, 4.69) is 0 Å². The third-order valence-corrected chi connectivity index (χ3v) is 1.68. The number of hydrogen-bond donors (Lipinski definition) is 1. The molecule has 0 aliphatic carbocycles. The lowest BCUT2D eigenvalue weighted by molar-refractivity contribution is -0.384. The van der Waals surface area contributed by atoms with E-state index >= 15 is 0 Å². The molecule has 0 aliphatic heterocycles. The number of hydrogen-bond acceptors (Lipinski definition) is 3. The van der Waals surface area contributed by atoms with Crippen LogP contribution in [0.5, 0.6) is 0 Å². The maximum Gasteiger partial charge on any atom is 0.269 e. The quantitative estimate of drug-likeness (QED) is 0.620. The Morgan fingerprint density at radius 1 is 1.57 bits per heavy atom. The Labute approximate surface area is 88.7 Å². The number of halogens is 1. The Hall–Kier alpha value is -1.13. The summed E-state index contributed by atoms with van der Waals surface area (Å²) in [6.07, 6.45) is 0.668. The highest BCUT2D eigenvalue weighted by atomic mass is 35.5. The minimum atomic E-state index is -0.398. The summed E-state index contributed by atoms with van der Waals surface area (Å²) >= 11 is 0. The molecule has 0 amide bonds. The lowest BCUT2D eigenvalue weighted by atomic mass is 10.1. The first-order valence-electron chi connectivity index (χ1n) is 4.08. The Balaban J connectivity index is 0.00000169. The van der Waals surface area contributed by atoms with Gasteiger partial charge in [0.05, 0.1) is 4.92 Å². The number of nitro groups is 1. The van der Waals surface area contributed by atoms with Crippen LogP contribution in [0.2, 0.25) is 0 Å². The van der Waals surface area contributed by atoms with Crippen molar-refractivity contribution < 1.29 is 4.92 Å². The summed E-state index contributed by atoms with van der Waals surface area (Å²) in [4.78, 5) is 10.0. The van der Waals surface area contributed by atoms with Gasteiger partial charge >= 0.3 is 0 Å². The molecular formula is C9H13ClN2O2. The van der Waals surface area contributed by atoms with E-state index in [0.717, 1.165) is 5.56 Å². The largest absolute Gasteiger partial charge is 0.328 e. The van der Waals surface area contributed by atoms with Gasteiger partial charge in [0.15, 0.2) is 0 Å². The predicted octanol–water partition coefficient (Wildman–Crippen LogP) is 1.91. The highest BCUT2D eigenvalue weighted by molar-refractivity contribution is 5.85. The molecule has 0 radical (unpaired) electrons. The second-order valence-electron chi connectivity index (χ2n) is 3.11. The normalized spacial score (nSPS) is 11.6. The van der Waals surface area contributed by atoms with Gasteiger partial charge in [-0.3, -0.25) is 10.1 Å². The van der Waals surface area contributed by atoms with Crippen molar-refractivity contribution >= 4 is 18.1 Å². The number of benzene rings is 1. The van der Waals surface area contributed by atoms with Crippen LogP contribution in [0.1, 0.15) is 12.5 Å². The first-order valence-corrected chi connectivity index (χ1v) is 4.08. The first-order chi connectivity index (χ1) is 6.09. The van der Waals surface area contributed by atoms with Gasteiger partial charge in [0.1, 0.15) is 0 Å². The van der Waals surface area contributed by atoms with Crippen molar-refractivity contribution in [3.63, 3.8) is 0 Å². The van der Waals surface area contributed by atoms with Crippen LogP contribution >= 0.6 is 12.4 Å². The zero-order chi connectivity index (χ0) is 9.84. The summed E-state index contributed by atoms with van der Waals surface area (Å²) < 4.78 is 0. The van der Waals surface area contributed by atoms with Crippen LogP contribution in [0.3, 0.4) is 0 Å². The van der Waals surface area contributed by atoms with E-state index in [9.17, 15) is 10.1 Å². The van der Waals surface area contributed by atoms with E-state index in [1.807, 2.05) is 13.0 Å². The molecule has 1 aromatic rings. The number of non-ortho nitro benzene ring substituents is 1. The van der Waals surface area contributed by atoms with E-state index in [4.69, 9.17) is 5.73 Å². The molecule has 1 aromatic carbocycles. The molecule has 78 valence electrons. The second kappa shape index (κ2) is 5.57. The van der Waals surface area contributed by atoms with Crippen molar-refractivity contribution in [2.75, 3.05) is 0 Å². The van der Waals surface area contributed by atoms with Gasteiger partial charge in [0, 0.05) is 18.2 Å². The summed E-state index contributed by atoms with van der Waals surface area (Å²) in [6, 6.07) is 6.59. The van der Waals surface area contributed by atoms with Gasteiger partial charge in [0.2, 0.25) is 0 Å². The van der Waals surface area contributed by atoms with Gasteiger partial charge in [-0.25, -0.2) is 0 Å². The Morgan fingerprint density at radius 2 is 2.21 bits per heavy atom. The number of nitrogens with two attached hydrogens (primary N) is 1. The minimum Gasteiger partial charge on any atom is -0.328 e. The van der Waals surface area contributed by atoms with Crippen LogP contribution in [0.15, 0.2) is 24.3 Å². The fourth-order valence-electron chi connectivity index (χ4n) is 1.17. The van der Waals surface area contributed by atoms with Gasteiger partial charge in [-0.1, -0.05) is 12.1 Å². The monoisotopic (exact) mass is 216 g/mol. The molecule has 0 aromatic heterocycles. The van der Waals surface area contributed by atoms with Gasteiger partial charge in [0.25, 0.3) is 5.69 Å².